The minimum atomic E-state index is 0.221. The predicted molar refractivity (Wildman–Crippen MR) is 69.0 cm³/mol. The number of hydrogen-bond acceptors (Lipinski definition) is 2. The van der Waals surface area contributed by atoms with E-state index in [9.17, 15) is 0 Å². The summed E-state index contributed by atoms with van der Waals surface area (Å²) in [6.45, 7) is 16.8. The van der Waals surface area contributed by atoms with Gasteiger partial charge >= 0.3 is 0 Å². The van der Waals surface area contributed by atoms with E-state index in [0.29, 0.717) is 12.1 Å². The fraction of sp³-hybridized carbons (Fsp3) is 1.00. The van der Waals surface area contributed by atoms with Gasteiger partial charge in [-0.15, -0.1) is 0 Å². The first-order chi connectivity index (χ1) is 6.75. The molecule has 2 nitrogen and oxygen atoms in total. The molecular formula is C13H30N2. The van der Waals surface area contributed by atoms with Gasteiger partial charge in [-0.25, -0.2) is 0 Å². The van der Waals surface area contributed by atoms with Gasteiger partial charge in [0.25, 0.3) is 0 Å². The molecule has 0 saturated heterocycles. The Morgan fingerprint density at radius 1 is 1.13 bits per heavy atom. The zero-order valence-electron chi connectivity index (χ0n) is 11.7. The average molecular weight is 214 g/mol. The maximum absolute atomic E-state index is 6.15. The third-order valence-corrected chi connectivity index (χ3v) is 3.26. The maximum Gasteiger partial charge on any atom is 0.0295 e. The van der Waals surface area contributed by atoms with Gasteiger partial charge in [-0.3, -0.25) is 4.90 Å². The summed E-state index contributed by atoms with van der Waals surface area (Å²) in [6, 6.07) is 1.29. The fourth-order valence-corrected chi connectivity index (χ4v) is 2.61. The van der Waals surface area contributed by atoms with Crippen molar-refractivity contribution in [1.82, 2.24) is 4.90 Å². The smallest absolute Gasteiger partial charge is 0.0295 e. The lowest BCUT2D eigenvalue weighted by Crippen LogP contribution is -2.56. The van der Waals surface area contributed by atoms with Crippen LogP contribution in [0.2, 0.25) is 0 Å². The van der Waals surface area contributed by atoms with Crippen LogP contribution in [0.4, 0.5) is 0 Å². The van der Waals surface area contributed by atoms with E-state index in [-0.39, 0.29) is 11.5 Å². The van der Waals surface area contributed by atoms with Gasteiger partial charge in [-0.1, -0.05) is 34.6 Å². The number of nitrogens with two attached hydrogens (primary N) is 1. The first kappa shape index (κ1) is 14.9. The largest absolute Gasteiger partial charge is 0.327 e. The highest BCUT2D eigenvalue weighted by Crippen LogP contribution is 2.28. The lowest BCUT2D eigenvalue weighted by atomic mass is 9.81. The van der Waals surface area contributed by atoms with Crippen LogP contribution in [0.5, 0.6) is 0 Å². The van der Waals surface area contributed by atoms with Crippen LogP contribution in [0.25, 0.3) is 0 Å². The zero-order valence-corrected chi connectivity index (χ0v) is 11.7. The number of hydrogen-bond donors (Lipinski definition) is 1. The van der Waals surface area contributed by atoms with E-state index < -0.39 is 0 Å². The molecule has 3 unspecified atom stereocenters. The number of likely N-dealkylation sites (N-methyl/N-ethyl adjacent to an activating group) is 1. The standard InChI is InChI=1S/C13H30N2/c1-8-10(3)15(9-2)12(11(4)14)13(5,6)7/h10-12H,8-9,14H2,1-7H3. The molecule has 0 saturated carbocycles. The minimum absolute atomic E-state index is 0.221. The molecular weight excluding hydrogens is 184 g/mol. The molecule has 0 aromatic rings. The molecule has 0 rings (SSSR count). The fourth-order valence-electron chi connectivity index (χ4n) is 2.61. The monoisotopic (exact) mass is 214 g/mol. The second kappa shape index (κ2) is 5.86. The van der Waals surface area contributed by atoms with Gasteiger partial charge in [0.1, 0.15) is 0 Å². The molecule has 0 heterocycles. The van der Waals surface area contributed by atoms with Gasteiger partial charge in [-0.2, -0.15) is 0 Å². The molecule has 0 aromatic heterocycles. The quantitative estimate of drug-likeness (QED) is 0.762. The van der Waals surface area contributed by atoms with Crippen LogP contribution < -0.4 is 5.73 Å². The molecule has 15 heavy (non-hydrogen) atoms. The van der Waals surface area contributed by atoms with E-state index in [2.05, 4.69) is 53.4 Å². The second-order valence-electron chi connectivity index (χ2n) is 5.76. The van der Waals surface area contributed by atoms with Crippen molar-refractivity contribution in [3.63, 3.8) is 0 Å². The average Bonchev–Trinajstić information content (AvgIpc) is 2.09. The minimum Gasteiger partial charge on any atom is -0.327 e. The molecule has 0 spiro atoms. The second-order valence-corrected chi connectivity index (χ2v) is 5.76. The van der Waals surface area contributed by atoms with Gasteiger partial charge in [-0.05, 0) is 32.2 Å². The third-order valence-electron chi connectivity index (χ3n) is 3.26. The SMILES string of the molecule is CCC(C)N(CC)C(C(C)N)C(C)(C)C. The third kappa shape index (κ3) is 4.12. The molecule has 0 amide bonds. The Bertz CT molecular complexity index is 170. The van der Waals surface area contributed by atoms with E-state index in [0.717, 1.165) is 6.54 Å². The summed E-state index contributed by atoms with van der Waals surface area (Å²) in [6.07, 6.45) is 1.19. The van der Waals surface area contributed by atoms with Crippen LogP contribution in [0.1, 0.15) is 54.9 Å². The Morgan fingerprint density at radius 3 is 1.80 bits per heavy atom. The topological polar surface area (TPSA) is 29.3 Å². The normalized spacial score (nSPS) is 19.0. The van der Waals surface area contributed by atoms with Crippen LogP contribution in [0, 0.1) is 5.41 Å². The molecule has 0 aliphatic carbocycles. The molecule has 2 heteroatoms. The molecule has 92 valence electrons. The summed E-state index contributed by atoms with van der Waals surface area (Å²) in [5, 5.41) is 0. The lowest BCUT2D eigenvalue weighted by Gasteiger charge is -2.45. The number of nitrogens with zero attached hydrogens (tertiary/aromatic N) is 1. The highest BCUT2D eigenvalue weighted by atomic mass is 15.2. The summed E-state index contributed by atoms with van der Waals surface area (Å²) >= 11 is 0. The van der Waals surface area contributed by atoms with E-state index in [1.54, 1.807) is 0 Å². The van der Waals surface area contributed by atoms with Crippen LogP contribution >= 0.6 is 0 Å². The highest BCUT2D eigenvalue weighted by molar-refractivity contribution is 4.90. The molecule has 0 fully saturated rings. The van der Waals surface area contributed by atoms with Crippen LogP contribution in [-0.2, 0) is 0 Å². The van der Waals surface area contributed by atoms with Crippen LogP contribution in [-0.4, -0.2) is 29.6 Å². The van der Waals surface area contributed by atoms with Crippen molar-refractivity contribution in [1.29, 1.82) is 0 Å². The van der Waals surface area contributed by atoms with Crippen LogP contribution in [0.3, 0.4) is 0 Å². The van der Waals surface area contributed by atoms with Gasteiger partial charge < -0.3 is 5.73 Å². The van der Waals surface area contributed by atoms with Gasteiger partial charge in [0, 0.05) is 18.1 Å². The molecule has 0 aliphatic rings. The Morgan fingerprint density at radius 2 is 1.60 bits per heavy atom. The van der Waals surface area contributed by atoms with E-state index in [1.165, 1.54) is 6.42 Å². The summed E-state index contributed by atoms with van der Waals surface area (Å²) in [7, 11) is 0. The van der Waals surface area contributed by atoms with Crippen molar-refractivity contribution >= 4 is 0 Å². The van der Waals surface area contributed by atoms with E-state index in [1.807, 2.05) is 0 Å². The van der Waals surface area contributed by atoms with Gasteiger partial charge in [0.2, 0.25) is 0 Å². The molecule has 0 bridgehead atoms. The van der Waals surface area contributed by atoms with Crippen molar-refractivity contribution in [2.45, 2.75) is 73.0 Å². The van der Waals surface area contributed by atoms with Crippen molar-refractivity contribution in [2.75, 3.05) is 6.54 Å². The Balaban J connectivity index is 4.87. The Labute approximate surface area is 96.2 Å². The molecule has 0 aromatic carbocycles. The zero-order chi connectivity index (χ0) is 12.2. The predicted octanol–water partition coefficient (Wildman–Crippen LogP) is 2.87. The molecule has 2 N–H and O–H groups in total. The van der Waals surface area contributed by atoms with Gasteiger partial charge in [0.05, 0.1) is 0 Å². The van der Waals surface area contributed by atoms with Crippen molar-refractivity contribution in [3.8, 4) is 0 Å². The molecule has 0 radical (unpaired) electrons. The van der Waals surface area contributed by atoms with E-state index >= 15 is 0 Å². The summed E-state index contributed by atoms with van der Waals surface area (Å²) in [4.78, 5) is 2.55. The van der Waals surface area contributed by atoms with Crippen molar-refractivity contribution in [3.05, 3.63) is 0 Å². The highest BCUT2D eigenvalue weighted by Gasteiger charge is 2.34. The van der Waals surface area contributed by atoms with E-state index in [4.69, 9.17) is 5.73 Å². The number of rotatable bonds is 5. The maximum atomic E-state index is 6.15. The van der Waals surface area contributed by atoms with Crippen LogP contribution in [0.15, 0.2) is 0 Å². The summed E-state index contributed by atoms with van der Waals surface area (Å²) in [5.41, 5.74) is 6.39. The Kier molecular flexibility index (Phi) is 5.82. The Hall–Kier alpha value is -0.0800. The summed E-state index contributed by atoms with van der Waals surface area (Å²) < 4.78 is 0. The molecule has 3 atom stereocenters. The first-order valence-electron chi connectivity index (χ1n) is 6.27. The summed E-state index contributed by atoms with van der Waals surface area (Å²) in [5.74, 6) is 0. The van der Waals surface area contributed by atoms with Gasteiger partial charge in [0.15, 0.2) is 0 Å². The van der Waals surface area contributed by atoms with Crippen molar-refractivity contribution in [2.24, 2.45) is 11.1 Å². The molecule has 0 aliphatic heterocycles. The van der Waals surface area contributed by atoms with Crippen molar-refractivity contribution < 1.29 is 0 Å². The lowest BCUT2D eigenvalue weighted by molar-refractivity contribution is 0.0530. The first-order valence-corrected chi connectivity index (χ1v) is 6.27.